The second-order valence-corrected chi connectivity index (χ2v) is 4.59. The van der Waals surface area contributed by atoms with Gasteiger partial charge in [-0.05, 0) is 30.3 Å². The molecule has 0 unspecified atom stereocenters. The smallest absolute Gasteiger partial charge is 0.338 e. The van der Waals surface area contributed by atoms with E-state index in [1.807, 2.05) is 0 Å². The van der Waals surface area contributed by atoms with Gasteiger partial charge >= 0.3 is 5.97 Å². The van der Waals surface area contributed by atoms with E-state index in [1.54, 1.807) is 7.05 Å². The molecule has 0 saturated heterocycles. The number of carboxylic acids is 1. The normalized spacial score (nSPS) is 10.3. The number of nitrogens with one attached hydrogen (secondary N) is 2. The number of carboxylic acid groups (broad SMARTS) is 1. The van der Waals surface area contributed by atoms with Crippen LogP contribution in [-0.4, -0.2) is 18.1 Å². The monoisotopic (exact) mass is 312 g/mol. The van der Waals surface area contributed by atoms with Crippen molar-refractivity contribution in [1.29, 1.82) is 0 Å². The first-order valence-corrected chi connectivity index (χ1v) is 6.27. The van der Waals surface area contributed by atoms with Crippen LogP contribution in [0, 0.1) is 11.6 Å². The Bertz CT molecular complexity index is 708. The summed E-state index contributed by atoms with van der Waals surface area (Å²) in [4.78, 5) is 11.0. The van der Waals surface area contributed by atoms with E-state index in [9.17, 15) is 13.6 Å². The molecule has 0 atom stereocenters. The molecule has 0 bridgehead atoms. The summed E-state index contributed by atoms with van der Waals surface area (Å²) < 4.78 is 26.7. The first kappa shape index (κ1) is 15.1. The summed E-state index contributed by atoms with van der Waals surface area (Å²) in [5, 5.41) is 14.5. The Morgan fingerprint density at radius 1 is 1.14 bits per heavy atom. The predicted octanol–water partition coefficient (Wildman–Crippen LogP) is 4.10. The van der Waals surface area contributed by atoms with Crippen LogP contribution >= 0.6 is 11.6 Å². The van der Waals surface area contributed by atoms with Gasteiger partial charge in [-0.25, -0.2) is 13.6 Å². The number of halogens is 3. The molecule has 0 aliphatic rings. The third kappa shape index (κ3) is 3.22. The van der Waals surface area contributed by atoms with Crippen molar-refractivity contribution in [2.75, 3.05) is 17.7 Å². The molecule has 0 saturated carbocycles. The molecule has 2 aromatic carbocycles. The highest BCUT2D eigenvalue weighted by Gasteiger charge is 2.15. The minimum absolute atomic E-state index is 0.0772. The van der Waals surface area contributed by atoms with Crippen LogP contribution in [0.25, 0.3) is 0 Å². The fourth-order valence-corrected chi connectivity index (χ4v) is 1.96. The van der Waals surface area contributed by atoms with Crippen LogP contribution in [-0.2, 0) is 0 Å². The van der Waals surface area contributed by atoms with Gasteiger partial charge in [-0.15, -0.1) is 0 Å². The van der Waals surface area contributed by atoms with Crippen molar-refractivity contribution in [1.82, 2.24) is 0 Å². The van der Waals surface area contributed by atoms with Crippen molar-refractivity contribution in [2.45, 2.75) is 0 Å². The zero-order valence-corrected chi connectivity index (χ0v) is 11.6. The first-order chi connectivity index (χ1) is 9.92. The second-order valence-electron chi connectivity index (χ2n) is 4.19. The van der Waals surface area contributed by atoms with Gasteiger partial charge in [0.2, 0.25) is 0 Å². The molecule has 0 amide bonds. The Hall–Kier alpha value is -2.34. The molecule has 0 radical (unpaired) electrons. The van der Waals surface area contributed by atoms with Gasteiger partial charge in [0.15, 0.2) is 0 Å². The number of hydrogen-bond acceptors (Lipinski definition) is 3. The number of hydrogen-bond donors (Lipinski definition) is 3. The molecule has 7 heteroatoms. The Morgan fingerprint density at radius 2 is 1.86 bits per heavy atom. The summed E-state index contributed by atoms with van der Waals surface area (Å²) in [6.07, 6.45) is 0. The maximum absolute atomic E-state index is 13.6. The highest BCUT2D eigenvalue weighted by atomic mass is 35.5. The Balaban J connectivity index is 2.44. The lowest BCUT2D eigenvalue weighted by molar-refractivity contribution is 0.0692. The molecule has 4 nitrogen and oxygen atoms in total. The van der Waals surface area contributed by atoms with Gasteiger partial charge in [-0.2, -0.15) is 0 Å². The molecule has 0 fully saturated rings. The van der Waals surface area contributed by atoms with Crippen molar-refractivity contribution in [3.8, 4) is 0 Å². The van der Waals surface area contributed by atoms with E-state index in [0.29, 0.717) is 17.1 Å². The van der Waals surface area contributed by atoms with Crippen molar-refractivity contribution in [2.24, 2.45) is 0 Å². The number of carbonyl (C=O) groups is 1. The van der Waals surface area contributed by atoms with E-state index in [-0.39, 0.29) is 5.02 Å². The number of anilines is 3. The Morgan fingerprint density at radius 3 is 2.43 bits per heavy atom. The molecule has 21 heavy (non-hydrogen) atoms. The van der Waals surface area contributed by atoms with Gasteiger partial charge in [0.05, 0.1) is 22.0 Å². The van der Waals surface area contributed by atoms with E-state index >= 15 is 0 Å². The average molecular weight is 313 g/mol. The van der Waals surface area contributed by atoms with Crippen molar-refractivity contribution in [3.05, 3.63) is 52.6 Å². The molecular formula is C14H11ClF2N2O2. The molecule has 110 valence electrons. The zero-order valence-electron chi connectivity index (χ0n) is 10.9. The fraction of sp³-hybridized carbons (Fsp3) is 0.0714. The van der Waals surface area contributed by atoms with Gasteiger partial charge < -0.3 is 15.7 Å². The lowest BCUT2D eigenvalue weighted by Crippen LogP contribution is -2.05. The summed E-state index contributed by atoms with van der Waals surface area (Å²) >= 11 is 5.68. The largest absolute Gasteiger partial charge is 0.478 e. The van der Waals surface area contributed by atoms with E-state index in [2.05, 4.69) is 10.6 Å². The fourth-order valence-electron chi connectivity index (χ4n) is 1.78. The molecule has 2 rings (SSSR count). The number of aromatic carboxylic acids is 1. The highest BCUT2D eigenvalue weighted by molar-refractivity contribution is 6.31. The predicted molar refractivity (Wildman–Crippen MR) is 77.6 cm³/mol. The average Bonchev–Trinajstić information content (AvgIpc) is 2.44. The number of benzene rings is 2. The molecule has 0 heterocycles. The van der Waals surface area contributed by atoms with Crippen molar-refractivity contribution < 1.29 is 18.7 Å². The summed E-state index contributed by atoms with van der Waals surface area (Å²) in [5.41, 5.74) is 0.669. The lowest BCUT2D eigenvalue weighted by Gasteiger charge is -2.13. The maximum atomic E-state index is 13.6. The van der Waals surface area contributed by atoms with E-state index in [0.717, 1.165) is 12.1 Å². The molecule has 0 aliphatic carbocycles. The van der Waals surface area contributed by atoms with Crippen molar-refractivity contribution >= 4 is 34.6 Å². The molecule has 0 spiro atoms. The van der Waals surface area contributed by atoms with Crippen LogP contribution in [0.3, 0.4) is 0 Å². The SMILES string of the molecule is CNc1cc(F)c(C(=O)O)cc1Nc1ccc(F)c(Cl)c1. The van der Waals surface area contributed by atoms with Gasteiger partial charge in [-0.1, -0.05) is 11.6 Å². The van der Waals surface area contributed by atoms with Gasteiger partial charge in [0.1, 0.15) is 11.6 Å². The zero-order chi connectivity index (χ0) is 15.6. The quantitative estimate of drug-likeness (QED) is 0.795. The molecular weight excluding hydrogens is 302 g/mol. The maximum Gasteiger partial charge on any atom is 0.338 e. The minimum atomic E-state index is -1.38. The third-order valence-electron chi connectivity index (χ3n) is 2.81. The summed E-state index contributed by atoms with van der Waals surface area (Å²) in [7, 11) is 1.57. The van der Waals surface area contributed by atoms with E-state index in [4.69, 9.17) is 16.7 Å². The third-order valence-corrected chi connectivity index (χ3v) is 3.10. The van der Waals surface area contributed by atoms with Gasteiger partial charge in [0.25, 0.3) is 0 Å². The van der Waals surface area contributed by atoms with Crippen LogP contribution in [0.2, 0.25) is 5.02 Å². The molecule has 2 aromatic rings. The molecule has 3 N–H and O–H groups in total. The van der Waals surface area contributed by atoms with Crippen LogP contribution in [0.15, 0.2) is 30.3 Å². The van der Waals surface area contributed by atoms with Crippen LogP contribution in [0.5, 0.6) is 0 Å². The van der Waals surface area contributed by atoms with E-state index < -0.39 is 23.2 Å². The van der Waals surface area contributed by atoms with Crippen LogP contribution in [0.4, 0.5) is 25.8 Å². The van der Waals surface area contributed by atoms with Crippen LogP contribution in [0.1, 0.15) is 10.4 Å². The van der Waals surface area contributed by atoms with Crippen molar-refractivity contribution in [3.63, 3.8) is 0 Å². The highest BCUT2D eigenvalue weighted by Crippen LogP contribution is 2.30. The van der Waals surface area contributed by atoms with Gasteiger partial charge in [0, 0.05) is 12.7 Å². The van der Waals surface area contributed by atoms with E-state index in [1.165, 1.54) is 18.2 Å². The topological polar surface area (TPSA) is 61.4 Å². The Kier molecular flexibility index (Phi) is 4.28. The molecule has 0 aromatic heterocycles. The molecule has 0 aliphatic heterocycles. The van der Waals surface area contributed by atoms with Gasteiger partial charge in [-0.3, -0.25) is 0 Å². The van der Waals surface area contributed by atoms with Crippen LogP contribution < -0.4 is 10.6 Å². The summed E-state index contributed by atoms with van der Waals surface area (Å²) in [6.45, 7) is 0. The minimum Gasteiger partial charge on any atom is -0.478 e. The lowest BCUT2D eigenvalue weighted by atomic mass is 10.1. The Labute approximate surface area is 124 Å². The standard InChI is InChI=1S/C14H11ClF2N2O2/c1-18-12-6-11(17)8(14(20)21)5-13(12)19-7-2-3-10(16)9(15)4-7/h2-6,18-19H,1H3,(H,20,21). The first-order valence-electron chi connectivity index (χ1n) is 5.89. The number of rotatable bonds is 4. The second kappa shape index (κ2) is 5.97. The summed E-state index contributed by atoms with van der Waals surface area (Å²) in [5.74, 6) is -2.80. The summed E-state index contributed by atoms with van der Waals surface area (Å²) in [6, 6.07) is 6.17.